The largest absolute Gasteiger partial charge is 0.369 e. The van der Waals surface area contributed by atoms with Crippen molar-refractivity contribution in [2.75, 3.05) is 7.05 Å². The SMILES string of the molecule is CN1C(=O)[C@](CCC2CCCCC2)(C[C@H]2CCCC(CCC(=O)CC3CCCC3)C2)N=C1N. The van der Waals surface area contributed by atoms with Crippen LogP contribution in [0.25, 0.3) is 0 Å². The second-order valence-corrected chi connectivity index (χ2v) is 11.9. The molecule has 1 amide bonds. The van der Waals surface area contributed by atoms with Crippen molar-refractivity contribution in [1.29, 1.82) is 0 Å². The molecule has 33 heavy (non-hydrogen) atoms. The Morgan fingerprint density at radius 3 is 2.24 bits per heavy atom. The summed E-state index contributed by atoms with van der Waals surface area (Å²) in [6, 6.07) is 0. The molecule has 3 atom stereocenters. The van der Waals surface area contributed by atoms with Crippen LogP contribution in [0.3, 0.4) is 0 Å². The molecule has 0 aromatic heterocycles. The highest BCUT2D eigenvalue weighted by molar-refractivity contribution is 6.06. The third-order valence-corrected chi connectivity index (χ3v) is 9.41. The van der Waals surface area contributed by atoms with Gasteiger partial charge in [0.25, 0.3) is 5.91 Å². The number of rotatable bonds is 10. The van der Waals surface area contributed by atoms with Crippen LogP contribution in [0.15, 0.2) is 4.99 Å². The molecule has 0 spiro atoms. The number of hydrogen-bond donors (Lipinski definition) is 1. The number of nitrogens with zero attached hydrogens (tertiary/aromatic N) is 2. The number of Topliss-reactive ketones (excluding diaryl/α,β-unsaturated/α-hetero) is 1. The van der Waals surface area contributed by atoms with Crippen LogP contribution >= 0.6 is 0 Å². The lowest BCUT2D eigenvalue weighted by molar-refractivity contribution is -0.131. The maximum atomic E-state index is 13.3. The van der Waals surface area contributed by atoms with Crippen molar-refractivity contribution in [2.24, 2.45) is 34.4 Å². The monoisotopic (exact) mass is 457 g/mol. The topological polar surface area (TPSA) is 75.8 Å². The number of amides is 1. The van der Waals surface area contributed by atoms with Gasteiger partial charge in [-0.25, -0.2) is 4.99 Å². The lowest BCUT2D eigenvalue weighted by atomic mass is 9.71. The van der Waals surface area contributed by atoms with E-state index in [9.17, 15) is 9.59 Å². The quantitative estimate of drug-likeness (QED) is 0.437. The van der Waals surface area contributed by atoms with Crippen LogP contribution in [-0.2, 0) is 9.59 Å². The standard InChI is InChI=1S/C28H47N3O2/c1-31-26(33)28(30-27(31)29,17-16-21-8-3-2-4-9-21)20-24-13-7-12-23(18-24)14-15-25(32)19-22-10-5-6-11-22/h21-24H,2-20H2,1H3,(H2,29,30)/t23?,24-,28-/m0/s1. The molecule has 2 N–H and O–H groups in total. The van der Waals surface area contributed by atoms with Crippen LogP contribution in [0.4, 0.5) is 0 Å². The van der Waals surface area contributed by atoms with Gasteiger partial charge in [0.1, 0.15) is 11.3 Å². The van der Waals surface area contributed by atoms with Crippen molar-refractivity contribution in [1.82, 2.24) is 4.90 Å². The highest BCUT2D eigenvalue weighted by Gasteiger charge is 2.48. The number of hydrogen-bond acceptors (Lipinski definition) is 4. The number of carbonyl (C=O) groups excluding carboxylic acids is 2. The highest BCUT2D eigenvalue weighted by atomic mass is 16.2. The molecule has 0 aromatic rings. The Morgan fingerprint density at radius 2 is 1.55 bits per heavy atom. The molecule has 0 aromatic carbocycles. The molecule has 4 aliphatic rings. The molecule has 186 valence electrons. The molecular formula is C28H47N3O2. The average molecular weight is 458 g/mol. The van der Waals surface area contributed by atoms with Crippen LogP contribution in [0.2, 0.25) is 0 Å². The zero-order chi connectivity index (χ0) is 23.3. The van der Waals surface area contributed by atoms with Gasteiger partial charge < -0.3 is 5.73 Å². The first-order valence-electron chi connectivity index (χ1n) is 14.1. The van der Waals surface area contributed by atoms with Gasteiger partial charge in [-0.1, -0.05) is 77.0 Å². The van der Waals surface area contributed by atoms with Crippen molar-refractivity contribution < 1.29 is 9.59 Å². The van der Waals surface area contributed by atoms with Crippen LogP contribution in [0.5, 0.6) is 0 Å². The molecule has 3 aliphatic carbocycles. The van der Waals surface area contributed by atoms with E-state index in [1.165, 1.54) is 77.0 Å². The Hall–Kier alpha value is -1.39. The van der Waals surface area contributed by atoms with Gasteiger partial charge in [0.05, 0.1) is 0 Å². The van der Waals surface area contributed by atoms with Crippen molar-refractivity contribution in [3.63, 3.8) is 0 Å². The van der Waals surface area contributed by atoms with Gasteiger partial charge in [-0.05, 0) is 55.8 Å². The molecule has 0 saturated heterocycles. The van der Waals surface area contributed by atoms with Crippen molar-refractivity contribution in [2.45, 2.75) is 128 Å². The molecule has 5 nitrogen and oxygen atoms in total. The lowest BCUT2D eigenvalue weighted by Gasteiger charge is -2.35. The van der Waals surface area contributed by atoms with Gasteiger partial charge in [0, 0.05) is 19.9 Å². The summed E-state index contributed by atoms with van der Waals surface area (Å²) in [6.45, 7) is 0. The molecule has 4 rings (SSSR count). The average Bonchev–Trinajstić information content (AvgIpc) is 3.40. The Bertz CT molecular complexity index is 708. The molecule has 5 heteroatoms. The van der Waals surface area contributed by atoms with E-state index in [2.05, 4.69) is 0 Å². The summed E-state index contributed by atoms with van der Waals surface area (Å²) < 4.78 is 0. The van der Waals surface area contributed by atoms with Crippen LogP contribution in [0.1, 0.15) is 122 Å². The van der Waals surface area contributed by atoms with E-state index < -0.39 is 5.54 Å². The Kier molecular flexibility index (Phi) is 8.51. The summed E-state index contributed by atoms with van der Waals surface area (Å²) in [5, 5.41) is 0. The number of ketones is 1. The van der Waals surface area contributed by atoms with Gasteiger partial charge in [-0.3, -0.25) is 14.5 Å². The molecule has 3 fully saturated rings. The van der Waals surface area contributed by atoms with E-state index in [1.807, 2.05) is 0 Å². The van der Waals surface area contributed by atoms with E-state index in [4.69, 9.17) is 10.7 Å². The third-order valence-electron chi connectivity index (χ3n) is 9.41. The van der Waals surface area contributed by atoms with Gasteiger partial charge in [-0.15, -0.1) is 0 Å². The summed E-state index contributed by atoms with van der Waals surface area (Å²) in [5.41, 5.74) is 5.51. The van der Waals surface area contributed by atoms with E-state index in [-0.39, 0.29) is 5.91 Å². The van der Waals surface area contributed by atoms with Crippen LogP contribution in [0, 0.1) is 23.7 Å². The summed E-state index contributed by atoms with van der Waals surface area (Å²) >= 11 is 0. The van der Waals surface area contributed by atoms with Crippen molar-refractivity contribution in [3.8, 4) is 0 Å². The van der Waals surface area contributed by atoms with Crippen LogP contribution < -0.4 is 5.73 Å². The minimum atomic E-state index is -0.638. The number of carbonyl (C=O) groups is 2. The van der Waals surface area contributed by atoms with Crippen molar-refractivity contribution >= 4 is 17.6 Å². The first-order chi connectivity index (χ1) is 15.9. The third kappa shape index (κ3) is 6.39. The predicted molar refractivity (Wildman–Crippen MR) is 134 cm³/mol. The fraction of sp³-hybridized carbons (Fsp3) is 0.893. The molecule has 1 aliphatic heterocycles. The second kappa shape index (κ2) is 11.4. The summed E-state index contributed by atoms with van der Waals surface area (Å²) in [5.74, 6) is 3.55. The number of likely N-dealkylation sites (N-methyl/N-ethyl adjacent to an activating group) is 1. The van der Waals surface area contributed by atoms with E-state index in [1.54, 1.807) is 11.9 Å². The normalized spacial score (nSPS) is 31.8. The molecule has 0 radical (unpaired) electrons. The van der Waals surface area contributed by atoms with Crippen LogP contribution in [-0.4, -0.2) is 35.1 Å². The first kappa shape index (κ1) is 24.7. The zero-order valence-electron chi connectivity index (χ0n) is 21.0. The van der Waals surface area contributed by atoms with E-state index in [0.29, 0.717) is 29.5 Å². The van der Waals surface area contributed by atoms with Gasteiger partial charge in [-0.2, -0.15) is 0 Å². The highest BCUT2D eigenvalue weighted by Crippen LogP contribution is 2.42. The molecular weight excluding hydrogens is 410 g/mol. The lowest BCUT2D eigenvalue weighted by Crippen LogP contribution is -2.44. The molecule has 0 bridgehead atoms. The van der Waals surface area contributed by atoms with Crippen molar-refractivity contribution in [3.05, 3.63) is 0 Å². The van der Waals surface area contributed by atoms with E-state index in [0.717, 1.165) is 50.9 Å². The molecule has 1 heterocycles. The summed E-state index contributed by atoms with van der Waals surface area (Å²) in [7, 11) is 1.78. The molecule has 1 unspecified atom stereocenters. The predicted octanol–water partition coefficient (Wildman–Crippen LogP) is 6.00. The van der Waals surface area contributed by atoms with Gasteiger partial charge in [0.2, 0.25) is 0 Å². The Balaban J connectivity index is 1.31. The Labute approximate surface area is 201 Å². The minimum Gasteiger partial charge on any atom is -0.369 e. The minimum absolute atomic E-state index is 0.115. The smallest absolute Gasteiger partial charge is 0.257 e. The summed E-state index contributed by atoms with van der Waals surface area (Å²) in [4.78, 5) is 32.3. The second-order valence-electron chi connectivity index (χ2n) is 11.9. The summed E-state index contributed by atoms with van der Waals surface area (Å²) in [6.07, 6.45) is 22.0. The van der Waals surface area contributed by atoms with Gasteiger partial charge >= 0.3 is 0 Å². The Morgan fingerprint density at radius 1 is 0.909 bits per heavy atom. The number of nitrogens with two attached hydrogens (primary N) is 1. The molecule has 3 saturated carbocycles. The fourth-order valence-corrected chi connectivity index (χ4v) is 7.41. The maximum absolute atomic E-state index is 13.3. The zero-order valence-corrected chi connectivity index (χ0v) is 21.0. The van der Waals surface area contributed by atoms with Gasteiger partial charge in [0.15, 0.2) is 5.96 Å². The fourth-order valence-electron chi connectivity index (χ4n) is 7.41. The number of guanidine groups is 1. The first-order valence-corrected chi connectivity index (χ1v) is 14.1. The number of aliphatic imine (C=N–C) groups is 1. The van der Waals surface area contributed by atoms with E-state index >= 15 is 0 Å². The maximum Gasteiger partial charge on any atom is 0.257 e.